The number of nitrogens with zero attached hydrogens (tertiary/aromatic N) is 3. The lowest BCUT2D eigenvalue weighted by molar-refractivity contribution is -0.137. The lowest BCUT2D eigenvalue weighted by Crippen LogP contribution is -2.40. The molecule has 0 saturated carbocycles. The van der Waals surface area contributed by atoms with Crippen molar-refractivity contribution in [3.05, 3.63) is 100 Å². The molecule has 4 rings (SSSR count). The highest BCUT2D eigenvalue weighted by molar-refractivity contribution is 5.94. The van der Waals surface area contributed by atoms with Gasteiger partial charge in [-0.3, -0.25) is 14.2 Å². The summed E-state index contributed by atoms with van der Waals surface area (Å²) in [5.74, 6) is 0.149. The van der Waals surface area contributed by atoms with Crippen molar-refractivity contribution < 1.29 is 22.7 Å². The van der Waals surface area contributed by atoms with Gasteiger partial charge in [0.05, 0.1) is 35.3 Å². The topological polar surface area (TPSA) is 64.4 Å². The Morgan fingerprint density at radius 3 is 2.38 bits per heavy atom. The molecule has 0 bridgehead atoms. The maximum absolute atomic E-state index is 13.9. The fourth-order valence-electron chi connectivity index (χ4n) is 4.70. The molecule has 0 fully saturated rings. The quantitative estimate of drug-likeness (QED) is 0.252. The predicted octanol–water partition coefficient (Wildman–Crippen LogP) is 6.66. The third-order valence-corrected chi connectivity index (χ3v) is 6.45. The molecular formula is C30H30F3N3O3. The second kappa shape index (κ2) is 11.3. The van der Waals surface area contributed by atoms with Gasteiger partial charge in [0.15, 0.2) is 0 Å². The molecule has 0 spiro atoms. The molecule has 6 nitrogen and oxygen atoms in total. The number of hydrogen-bond acceptors (Lipinski definition) is 4. The SMILES string of the molecule is CCC(c1nc2ccccc2c(=O)n1-c1ccccc1OC)N(CC(C)C)C(=O)c1cccc(C(F)(F)F)c1. The van der Waals surface area contributed by atoms with Gasteiger partial charge in [-0.1, -0.05) is 51.1 Å². The van der Waals surface area contributed by atoms with Crippen molar-refractivity contribution in [2.24, 2.45) is 5.92 Å². The van der Waals surface area contributed by atoms with E-state index in [0.29, 0.717) is 34.6 Å². The third-order valence-electron chi connectivity index (χ3n) is 6.45. The van der Waals surface area contributed by atoms with E-state index in [4.69, 9.17) is 9.72 Å². The molecule has 1 atom stereocenters. The largest absolute Gasteiger partial charge is 0.495 e. The molecule has 39 heavy (non-hydrogen) atoms. The van der Waals surface area contributed by atoms with Gasteiger partial charge < -0.3 is 9.64 Å². The van der Waals surface area contributed by atoms with E-state index in [2.05, 4.69) is 0 Å². The number of aromatic nitrogens is 2. The Bertz CT molecular complexity index is 1550. The van der Waals surface area contributed by atoms with Gasteiger partial charge in [-0.25, -0.2) is 4.98 Å². The molecule has 1 aromatic heterocycles. The summed E-state index contributed by atoms with van der Waals surface area (Å²) in [7, 11) is 1.50. The van der Waals surface area contributed by atoms with Crippen molar-refractivity contribution >= 4 is 16.8 Å². The standard InChI is InChI=1S/C30H30F3N3O3/c1-5-24(35(18-19(2)3)28(37)20-11-10-12-21(17-20)30(31,32)33)27-34-23-14-7-6-13-22(23)29(38)36(27)25-15-8-9-16-26(25)39-4/h6-17,19,24H,5,18H2,1-4H3. The van der Waals surface area contributed by atoms with Crippen LogP contribution < -0.4 is 10.3 Å². The smallest absolute Gasteiger partial charge is 0.416 e. The Kier molecular flexibility index (Phi) is 8.09. The monoisotopic (exact) mass is 537 g/mol. The molecule has 4 aromatic rings. The highest BCUT2D eigenvalue weighted by Gasteiger charge is 2.34. The summed E-state index contributed by atoms with van der Waals surface area (Å²) in [4.78, 5) is 34.2. The maximum Gasteiger partial charge on any atom is 0.416 e. The molecular weight excluding hydrogens is 507 g/mol. The molecule has 0 aliphatic rings. The molecule has 1 amide bonds. The van der Waals surface area contributed by atoms with E-state index in [1.54, 1.807) is 48.5 Å². The Balaban J connectivity index is 1.97. The van der Waals surface area contributed by atoms with Crippen molar-refractivity contribution in [2.45, 2.75) is 39.4 Å². The first-order valence-corrected chi connectivity index (χ1v) is 12.7. The number of benzene rings is 3. The first-order valence-electron chi connectivity index (χ1n) is 12.7. The second-order valence-electron chi connectivity index (χ2n) is 9.65. The summed E-state index contributed by atoms with van der Waals surface area (Å²) >= 11 is 0. The number of carbonyl (C=O) groups is 1. The lowest BCUT2D eigenvalue weighted by atomic mass is 10.0. The van der Waals surface area contributed by atoms with Crippen LogP contribution in [0.2, 0.25) is 0 Å². The normalized spacial score (nSPS) is 12.5. The molecule has 0 N–H and O–H groups in total. The van der Waals surface area contributed by atoms with Gasteiger partial charge in [0, 0.05) is 12.1 Å². The van der Waals surface area contributed by atoms with Crippen molar-refractivity contribution in [1.29, 1.82) is 0 Å². The first-order chi connectivity index (χ1) is 18.6. The Morgan fingerprint density at radius 1 is 1.03 bits per heavy atom. The molecule has 0 saturated heterocycles. The maximum atomic E-state index is 13.9. The number of ether oxygens (including phenoxy) is 1. The van der Waals surface area contributed by atoms with Gasteiger partial charge in [-0.05, 0) is 54.8 Å². The number of para-hydroxylation sites is 3. The Hall–Kier alpha value is -4.14. The van der Waals surface area contributed by atoms with Crippen molar-refractivity contribution in [1.82, 2.24) is 14.5 Å². The lowest BCUT2D eigenvalue weighted by Gasteiger charge is -2.34. The Morgan fingerprint density at radius 2 is 1.72 bits per heavy atom. The van der Waals surface area contributed by atoms with Gasteiger partial charge in [-0.15, -0.1) is 0 Å². The molecule has 3 aromatic carbocycles. The summed E-state index contributed by atoms with van der Waals surface area (Å²) in [6, 6.07) is 17.6. The predicted molar refractivity (Wildman–Crippen MR) is 144 cm³/mol. The van der Waals surface area contributed by atoms with Crippen LogP contribution >= 0.6 is 0 Å². The zero-order valence-corrected chi connectivity index (χ0v) is 22.2. The molecule has 0 aliphatic heterocycles. The number of halogens is 3. The van der Waals surface area contributed by atoms with Crippen molar-refractivity contribution in [3.63, 3.8) is 0 Å². The minimum atomic E-state index is -4.59. The number of amides is 1. The zero-order chi connectivity index (χ0) is 28.3. The van der Waals surface area contributed by atoms with E-state index in [0.717, 1.165) is 12.1 Å². The molecule has 1 unspecified atom stereocenters. The number of carbonyl (C=O) groups excluding carboxylic acids is 1. The average molecular weight is 538 g/mol. The average Bonchev–Trinajstić information content (AvgIpc) is 2.92. The number of rotatable bonds is 8. The van der Waals surface area contributed by atoms with E-state index in [9.17, 15) is 22.8 Å². The molecule has 0 aliphatic carbocycles. The van der Waals surface area contributed by atoms with Crippen LogP contribution in [0, 0.1) is 5.92 Å². The van der Waals surface area contributed by atoms with E-state index in [-0.39, 0.29) is 23.6 Å². The van der Waals surface area contributed by atoms with Crippen LogP contribution in [-0.2, 0) is 6.18 Å². The minimum absolute atomic E-state index is 0.0133. The van der Waals surface area contributed by atoms with Gasteiger partial charge in [-0.2, -0.15) is 13.2 Å². The summed E-state index contributed by atoms with van der Waals surface area (Å²) in [5, 5.41) is 0.390. The Labute approximate surface area is 224 Å². The van der Waals surface area contributed by atoms with Crippen LogP contribution in [0.15, 0.2) is 77.6 Å². The molecule has 1 heterocycles. The second-order valence-corrected chi connectivity index (χ2v) is 9.65. The highest BCUT2D eigenvalue weighted by atomic mass is 19.4. The third kappa shape index (κ3) is 5.67. The molecule has 204 valence electrons. The highest BCUT2D eigenvalue weighted by Crippen LogP contribution is 2.33. The number of fused-ring (bicyclic) bond motifs is 1. The molecule has 0 radical (unpaired) electrons. The van der Waals surface area contributed by atoms with Gasteiger partial charge in [0.25, 0.3) is 11.5 Å². The van der Waals surface area contributed by atoms with Gasteiger partial charge in [0.2, 0.25) is 0 Å². The summed E-state index contributed by atoms with van der Waals surface area (Å²) in [6.45, 7) is 5.92. The van der Waals surface area contributed by atoms with Gasteiger partial charge in [0.1, 0.15) is 11.6 Å². The van der Waals surface area contributed by atoms with Crippen LogP contribution in [0.1, 0.15) is 55.0 Å². The summed E-state index contributed by atoms with van der Waals surface area (Å²) in [5.41, 5.74) is -0.419. The van der Waals surface area contributed by atoms with Gasteiger partial charge >= 0.3 is 6.18 Å². The van der Waals surface area contributed by atoms with E-state index >= 15 is 0 Å². The summed E-state index contributed by atoms with van der Waals surface area (Å²) in [6.07, 6.45) is -4.23. The number of hydrogen-bond donors (Lipinski definition) is 0. The fourth-order valence-corrected chi connectivity index (χ4v) is 4.70. The first kappa shape index (κ1) is 27.9. The minimum Gasteiger partial charge on any atom is -0.495 e. The number of alkyl halides is 3. The van der Waals surface area contributed by atoms with Crippen LogP contribution in [0.25, 0.3) is 16.6 Å². The van der Waals surface area contributed by atoms with Crippen LogP contribution in [0.4, 0.5) is 13.2 Å². The van der Waals surface area contributed by atoms with Crippen molar-refractivity contribution in [3.8, 4) is 11.4 Å². The van der Waals surface area contributed by atoms with E-state index in [1.165, 1.54) is 28.7 Å². The van der Waals surface area contributed by atoms with Crippen LogP contribution in [0.3, 0.4) is 0 Å². The number of methoxy groups -OCH3 is 1. The van der Waals surface area contributed by atoms with Crippen LogP contribution in [0.5, 0.6) is 5.75 Å². The van der Waals surface area contributed by atoms with E-state index < -0.39 is 23.7 Å². The van der Waals surface area contributed by atoms with Crippen LogP contribution in [-0.4, -0.2) is 34.0 Å². The summed E-state index contributed by atoms with van der Waals surface area (Å²) < 4.78 is 47.4. The fraction of sp³-hybridized carbons (Fsp3) is 0.300. The molecule has 9 heteroatoms. The zero-order valence-electron chi connectivity index (χ0n) is 22.2. The van der Waals surface area contributed by atoms with Crippen molar-refractivity contribution in [2.75, 3.05) is 13.7 Å². The van der Waals surface area contributed by atoms with E-state index in [1.807, 2.05) is 20.8 Å².